The molecule has 0 spiro atoms. The predicted molar refractivity (Wildman–Crippen MR) is 75.1 cm³/mol. The average molecular weight is 330 g/mol. The maximum absolute atomic E-state index is 11.6. The zero-order valence-electron chi connectivity index (χ0n) is 10.7. The molecule has 6 heteroatoms. The monoisotopic (exact) mass is 329 g/mol. The third-order valence-electron chi connectivity index (χ3n) is 2.57. The van der Waals surface area contributed by atoms with Gasteiger partial charge in [0.15, 0.2) is 0 Å². The van der Waals surface area contributed by atoms with E-state index in [4.69, 9.17) is 4.74 Å². The predicted octanol–water partition coefficient (Wildman–Crippen LogP) is 2.14. The van der Waals surface area contributed by atoms with E-state index in [-0.39, 0.29) is 5.75 Å². The highest BCUT2D eigenvalue weighted by Crippen LogP contribution is 2.12. The molecule has 1 atom stereocenters. The summed E-state index contributed by atoms with van der Waals surface area (Å²) < 4.78 is 30.8. The van der Waals surface area contributed by atoms with Crippen molar-refractivity contribution >= 4 is 26.0 Å². The van der Waals surface area contributed by atoms with Crippen LogP contribution < -0.4 is 4.72 Å². The van der Waals surface area contributed by atoms with Crippen molar-refractivity contribution in [3.05, 3.63) is 0 Å². The van der Waals surface area contributed by atoms with Gasteiger partial charge in [-0.05, 0) is 25.2 Å². The number of hydrogen-bond donors (Lipinski definition) is 1. The molecule has 0 rings (SSSR count). The summed E-state index contributed by atoms with van der Waals surface area (Å²) in [5.41, 5.74) is 0. The lowest BCUT2D eigenvalue weighted by Gasteiger charge is -2.15. The van der Waals surface area contributed by atoms with Gasteiger partial charge in [0.25, 0.3) is 0 Å². The third-order valence-corrected chi connectivity index (χ3v) is 4.46. The molecule has 0 saturated carbocycles. The molecule has 1 N–H and O–H groups in total. The van der Waals surface area contributed by atoms with Crippen LogP contribution in [-0.4, -0.2) is 39.8 Å². The molecule has 0 saturated heterocycles. The van der Waals surface area contributed by atoms with Crippen LogP contribution in [-0.2, 0) is 14.8 Å². The second-order valence-corrected chi connectivity index (χ2v) is 6.87. The first-order valence-electron chi connectivity index (χ1n) is 6.08. The molecule has 0 radical (unpaired) electrons. The lowest BCUT2D eigenvalue weighted by Crippen LogP contribution is -2.31. The Balaban J connectivity index is 3.95. The number of methoxy groups -OCH3 is 1. The van der Waals surface area contributed by atoms with Gasteiger partial charge in [-0.1, -0.05) is 29.3 Å². The first-order chi connectivity index (χ1) is 8.05. The van der Waals surface area contributed by atoms with E-state index in [0.29, 0.717) is 25.5 Å². The summed E-state index contributed by atoms with van der Waals surface area (Å²) in [5.74, 6) is 0.574. The summed E-state index contributed by atoms with van der Waals surface area (Å²) in [6.07, 6.45) is 3.70. The van der Waals surface area contributed by atoms with Crippen molar-refractivity contribution in [2.24, 2.45) is 5.92 Å². The minimum absolute atomic E-state index is 0.147. The summed E-state index contributed by atoms with van der Waals surface area (Å²) in [5, 5.41) is 0.920. The van der Waals surface area contributed by atoms with Crippen LogP contribution in [0.5, 0.6) is 0 Å². The SMILES string of the molecule is CCCC(CCBr)CNS(=O)(=O)CCCOC. The van der Waals surface area contributed by atoms with Crippen LogP contribution in [0, 0.1) is 5.92 Å². The van der Waals surface area contributed by atoms with E-state index in [2.05, 4.69) is 27.6 Å². The normalized spacial score (nSPS) is 13.8. The number of sulfonamides is 1. The molecule has 0 aromatic rings. The van der Waals surface area contributed by atoms with E-state index in [1.54, 1.807) is 7.11 Å². The second-order valence-electron chi connectivity index (χ2n) is 4.15. The van der Waals surface area contributed by atoms with Gasteiger partial charge < -0.3 is 4.74 Å². The number of hydrogen-bond acceptors (Lipinski definition) is 3. The Morgan fingerprint density at radius 2 is 2.06 bits per heavy atom. The molecule has 0 aromatic carbocycles. The maximum atomic E-state index is 11.6. The van der Waals surface area contributed by atoms with Crippen LogP contribution in [0.4, 0.5) is 0 Å². The van der Waals surface area contributed by atoms with Crippen molar-refractivity contribution in [2.45, 2.75) is 32.6 Å². The van der Waals surface area contributed by atoms with Gasteiger partial charge in [0, 0.05) is 25.6 Å². The van der Waals surface area contributed by atoms with Gasteiger partial charge in [-0.2, -0.15) is 0 Å². The average Bonchev–Trinajstić information content (AvgIpc) is 2.27. The molecule has 0 aliphatic heterocycles. The van der Waals surface area contributed by atoms with Gasteiger partial charge in [-0.25, -0.2) is 13.1 Å². The number of alkyl halides is 1. The Hall–Kier alpha value is 0.350. The Bertz CT molecular complexity index is 264. The van der Waals surface area contributed by atoms with Crippen molar-refractivity contribution in [2.75, 3.05) is 31.3 Å². The number of nitrogens with one attached hydrogen (secondary N) is 1. The number of halogens is 1. The third kappa shape index (κ3) is 10.00. The van der Waals surface area contributed by atoms with Gasteiger partial charge in [-0.3, -0.25) is 0 Å². The van der Waals surface area contributed by atoms with Gasteiger partial charge in [0.05, 0.1) is 5.75 Å². The maximum Gasteiger partial charge on any atom is 0.211 e. The van der Waals surface area contributed by atoms with E-state index >= 15 is 0 Å². The summed E-state index contributed by atoms with van der Waals surface area (Å²) in [6.45, 7) is 3.16. The Labute approximate surface area is 114 Å². The largest absolute Gasteiger partial charge is 0.385 e. The highest BCUT2D eigenvalue weighted by Gasteiger charge is 2.13. The zero-order chi connectivity index (χ0) is 13.1. The smallest absolute Gasteiger partial charge is 0.211 e. The molecule has 0 fully saturated rings. The molecule has 0 bridgehead atoms. The molecule has 0 aliphatic carbocycles. The fraction of sp³-hybridized carbons (Fsp3) is 1.00. The fourth-order valence-corrected chi connectivity index (χ4v) is 3.40. The molecule has 4 nitrogen and oxygen atoms in total. The minimum Gasteiger partial charge on any atom is -0.385 e. The second kappa shape index (κ2) is 10.3. The van der Waals surface area contributed by atoms with Crippen molar-refractivity contribution < 1.29 is 13.2 Å². The van der Waals surface area contributed by atoms with E-state index in [9.17, 15) is 8.42 Å². The molecule has 0 heterocycles. The van der Waals surface area contributed by atoms with Gasteiger partial charge >= 0.3 is 0 Å². The molecule has 0 aliphatic rings. The van der Waals surface area contributed by atoms with Crippen molar-refractivity contribution in [1.82, 2.24) is 4.72 Å². The molecule has 17 heavy (non-hydrogen) atoms. The minimum atomic E-state index is -3.13. The fourth-order valence-electron chi connectivity index (χ4n) is 1.62. The molecular formula is C11H24BrNO3S. The molecule has 1 unspecified atom stereocenters. The van der Waals surface area contributed by atoms with Gasteiger partial charge in [0.1, 0.15) is 0 Å². The standard InChI is InChI=1S/C11H24BrNO3S/c1-3-5-11(6-7-12)10-13-17(14,15)9-4-8-16-2/h11,13H,3-10H2,1-2H3. The van der Waals surface area contributed by atoms with Crippen molar-refractivity contribution in [1.29, 1.82) is 0 Å². The quantitative estimate of drug-likeness (QED) is 0.466. The van der Waals surface area contributed by atoms with E-state index in [0.717, 1.165) is 24.6 Å². The first-order valence-corrected chi connectivity index (χ1v) is 8.85. The van der Waals surface area contributed by atoms with Crippen LogP contribution in [0.3, 0.4) is 0 Å². The first kappa shape index (κ1) is 17.4. The highest BCUT2D eigenvalue weighted by molar-refractivity contribution is 9.09. The van der Waals surface area contributed by atoms with Crippen LogP contribution >= 0.6 is 15.9 Å². The van der Waals surface area contributed by atoms with Crippen molar-refractivity contribution in [3.63, 3.8) is 0 Å². The van der Waals surface area contributed by atoms with E-state index < -0.39 is 10.0 Å². The molecule has 0 amide bonds. The van der Waals surface area contributed by atoms with E-state index in [1.165, 1.54) is 0 Å². The van der Waals surface area contributed by atoms with Crippen LogP contribution in [0.15, 0.2) is 0 Å². The lowest BCUT2D eigenvalue weighted by molar-refractivity contribution is 0.199. The topological polar surface area (TPSA) is 55.4 Å². The molecular weight excluding hydrogens is 306 g/mol. The van der Waals surface area contributed by atoms with Crippen molar-refractivity contribution in [3.8, 4) is 0 Å². The highest BCUT2D eigenvalue weighted by atomic mass is 79.9. The zero-order valence-corrected chi connectivity index (χ0v) is 13.1. The van der Waals surface area contributed by atoms with Crippen LogP contribution in [0.1, 0.15) is 32.6 Å². The van der Waals surface area contributed by atoms with Gasteiger partial charge in [-0.15, -0.1) is 0 Å². The molecule has 104 valence electrons. The summed E-state index contributed by atoms with van der Waals surface area (Å²) in [7, 11) is -1.55. The van der Waals surface area contributed by atoms with Crippen LogP contribution in [0.2, 0.25) is 0 Å². The van der Waals surface area contributed by atoms with Crippen LogP contribution in [0.25, 0.3) is 0 Å². The summed E-state index contributed by atoms with van der Waals surface area (Å²) in [4.78, 5) is 0. The summed E-state index contributed by atoms with van der Waals surface area (Å²) in [6, 6.07) is 0. The number of rotatable bonds is 11. The number of ether oxygens (including phenoxy) is 1. The Morgan fingerprint density at radius 3 is 2.59 bits per heavy atom. The lowest BCUT2D eigenvalue weighted by atomic mass is 10.0. The van der Waals surface area contributed by atoms with Gasteiger partial charge in [0.2, 0.25) is 10.0 Å². The Kier molecular flexibility index (Phi) is 10.5. The van der Waals surface area contributed by atoms with E-state index in [1.807, 2.05) is 0 Å². The molecule has 0 aromatic heterocycles. The Morgan fingerprint density at radius 1 is 1.35 bits per heavy atom. The summed E-state index contributed by atoms with van der Waals surface area (Å²) >= 11 is 3.40.